The van der Waals surface area contributed by atoms with E-state index in [1.807, 2.05) is 18.2 Å². The summed E-state index contributed by atoms with van der Waals surface area (Å²) in [5.41, 5.74) is -0.100. The molecule has 4 rings (SSSR count). The molecule has 2 aliphatic rings. The topological polar surface area (TPSA) is 71.5 Å². The van der Waals surface area contributed by atoms with Crippen LogP contribution in [0.2, 0.25) is 5.02 Å². The fourth-order valence-corrected chi connectivity index (χ4v) is 4.93. The van der Waals surface area contributed by atoms with Gasteiger partial charge in [-0.05, 0) is 62.8 Å². The summed E-state index contributed by atoms with van der Waals surface area (Å²) in [7, 11) is 0. The Bertz CT molecular complexity index is 925. The van der Waals surface area contributed by atoms with Crippen molar-refractivity contribution in [3.63, 3.8) is 0 Å². The van der Waals surface area contributed by atoms with E-state index in [-0.39, 0.29) is 16.9 Å². The zero-order valence-electron chi connectivity index (χ0n) is 17.4. The first-order chi connectivity index (χ1) is 14.9. The zero-order chi connectivity index (χ0) is 21.8. The van der Waals surface area contributed by atoms with Gasteiger partial charge in [0.05, 0.1) is 16.5 Å². The number of nitrogens with one attached hydrogen (secondary N) is 1. The highest BCUT2D eigenvalue weighted by Crippen LogP contribution is 2.41. The summed E-state index contributed by atoms with van der Waals surface area (Å²) in [6.07, 6.45) is 6.91. The molecule has 0 radical (unpaired) electrons. The fraction of sp³-hybridized carbons (Fsp3) is 0.500. The molecule has 2 aromatic rings. The second-order valence-electron chi connectivity index (χ2n) is 8.77. The second kappa shape index (κ2) is 9.43. The van der Waals surface area contributed by atoms with E-state index in [1.54, 1.807) is 12.1 Å². The van der Waals surface area contributed by atoms with Crippen molar-refractivity contribution >= 4 is 23.4 Å². The molecule has 1 aromatic carbocycles. The quantitative estimate of drug-likeness (QED) is 0.557. The number of hydrogen-bond acceptors (Lipinski definition) is 4. The summed E-state index contributed by atoms with van der Waals surface area (Å²) >= 11 is 5.83. The fourth-order valence-electron chi connectivity index (χ4n) is 4.77. The monoisotopic (exact) mass is 446 g/mol. The maximum atomic E-state index is 14.1. The van der Waals surface area contributed by atoms with E-state index in [4.69, 9.17) is 21.3 Å². The number of anilines is 1. The summed E-state index contributed by atoms with van der Waals surface area (Å²) in [6, 6.07) is 10.9. The molecule has 2 N–H and O–H groups in total. The van der Waals surface area contributed by atoms with Crippen molar-refractivity contribution in [3.8, 4) is 5.75 Å². The van der Waals surface area contributed by atoms with E-state index in [1.165, 1.54) is 18.9 Å². The smallest absolute Gasteiger partial charge is 0.310 e. The van der Waals surface area contributed by atoms with Crippen molar-refractivity contribution in [2.45, 2.75) is 69.9 Å². The normalized spacial score (nSPS) is 24.1. The van der Waals surface area contributed by atoms with E-state index in [9.17, 15) is 14.3 Å². The Hall–Kier alpha value is -2.34. The molecule has 2 aliphatic carbocycles. The number of hydrogen-bond donors (Lipinski definition) is 2. The van der Waals surface area contributed by atoms with Gasteiger partial charge in [0.15, 0.2) is 11.6 Å². The van der Waals surface area contributed by atoms with Gasteiger partial charge in [0.1, 0.15) is 5.82 Å². The van der Waals surface area contributed by atoms with Crippen molar-refractivity contribution in [2.24, 2.45) is 5.41 Å². The van der Waals surface area contributed by atoms with E-state index >= 15 is 0 Å². The molecule has 2 fully saturated rings. The number of aliphatic carboxylic acids is 1. The second-order valence-corrected chi connectivity index (χ2v) is 9.18. The van der Waals surface area contributed by atoms with Crippen molar-refractivity contribution < 1.29 is 19.0 Å². The van der Waals surface area contributed by atoms with Crippen LogP contribution in [0.3, 0.4) is 0 Å². The number of halogens is 2. The molecule has 31 heavy (non-hydrogen) atoms. The first-order valence-corrected chi connectivity index (χ1v) is 11.4. The van der Waals surface area contributed by atoms with Crippen LogP contribution in [-0.2, 0) is 11.2 Å². The number of pyridine rings is 1. The first-order valence-electron chi connectivity index (χ1n) is 11.0. The summed E-state index contributed by atoms with van der Waals surface area (Å²) in [4.78, 5) is 16.9. The van der Waals surface area contributed by atoms with Crippen molar-refractivity contribution in [3.05, 3.63) is 52.9 Å². The first kappa shape index (κ1) is 21.9. The Morgan fingerprint density at radius 1 is 1.16 bits per heavy atom. The van der Waals surface area contributed by atoms with Crippen molar-refractivity contribution in [1.29, 1.82) is 0 Å². The number of aromatic nitrogens is 1. The van der Waals surface area contributed by atoms with Crippen LogP contribution >= 0.6 is 11.6 Å². The number of carbonyl (C=O) groups is 1. The van der Waals surface area contributed by atoms with Crippen molar-refractivity contribution in [2.75, 3.05) is 5.32 Å². The van der Waals surface area contributed by atoms with Crippen LogP contribution in [0, 0.1) is 11.2 Å². The third-order valence-corrected chi connectivity index (χ3v) is 6.88. The highest BCUT2D eigenvalue weighted by atomic mass is 35.5. The minimum absolute atomic E-state index is 0.0189. The molecule has 0 bridgehead atoms. The third-order valence-electron chi connectivity index (χ3n) is 6.59. The van der Waals surface area contributed by atoms with Crippen LogP contribution in [-0.4, -0.2) is 28.2 Å². The molecule has 0 saturated heterocycles. The standard InChI is InChI=1S/C24H28ClFN2O3/c25-19-8-4-9-20(22(19)26)31-18-11-13-24(14-12-18,23(29)30)15-17-7-3-10-21(28-17)27-16-5-1-2-6-16/h3-4,7-10,16,18H,1-2,5-6,11-15H2,(H,27,28)(H,29,30). The summed E-state index contributed by atoms with van der Waals surface area (Å²) < 4.78 is 19.9. The van der Waals surface area contributed by atoms with E-state index in [0.717, 1.165) is 24.4 Å². The van der Waals surface area contributed by atoms with Gasteiger partial charge in [-0.1, -0.05) is 36.6 Å². The van der Waals surface area contributed by atoms with Crippen LogP contribution in [0.4, 0.5) is 10.2 Å². The van der Waals surface area contributed by atoms with Gasteiger partial charge < -0.3 is 15.2 Å². The van der Waals surface area contributed by atoms with Gasteiger partial charge in [0, 0.05) is 18.2 Å². The SMILES string of the molecule is O=C(O)C1(Cc2cccc(NC3CCCC3)n2)CCC(Oc2cccc(Cl)c2F)CC1. The predicted molar refractivity (Wildman–Crippen MR) is 118 cm³/mol. The molecule has 0 amide bonds. The number of nitrogens with zero attached hydrogens (tertiary/aromatic N) is 1. The van der Waals surface area contributed by atoms with Gasteiger partial charge in [0.25, 0.3) is 0 Å². The van der Waals surface area contributed by atoms with Crippen LogP contribution in [0.15, 0.2) is 36.4 Å². The molecule has 166 valence electrons. The average molecular weight is 447 g/mol. The van der Waals surface area contributed by atoms with Crippen LogP contribution in [0.1, 0.15) is 57.1 Å². The van der Waals surface area contributed by atoms with E-state index in [0.29, 0.717) is 38.1 Å². The molecular formula is C24H28ClFN2O3. The number of rotatable bonds is 7. The van der Waals surface area contributed by atoms with Gasteiger partial charge in [-0.25, -0.2) is 9.37 Å². The van der Waals surface area contributed by atoms with Gasteiger partial charge in [0.2, 0.25) is 0 Å². The number of benzene rings is 1. The molecule has 7 heteroatoms. The molecule has 0 spiro atoms. The Morgan fingerprint density at radius 3 is 2.58 bits per heavy atom. The van der Waals surface area contributed by atoms with Gasteiger partial charge >= 0.3 is 5.97 Å². The van der Waals surface area contributed by atoms with Gasteiger partial charge in [-0.3, -0.25) is 4.79 Å². The molecular weight excluding hydrogens is 419 g/mol. The Balaban J connectivity index is 1.41. The number of carboxylic acid groups (broad SMARTS) is 1. The summed E-state index contributed by atoms with van der Waals surface area (Å²) in [5.74, 6) is -0.447. The number of ether oxygens (including phenoxy) is 1. The minimum atomic E-state index is -0.883. The van der Waals surface area contributed by atoms with E-state index < -0.39 is 17.2 Å². The molecule has 1 aromatic heterocycles. The van der Waals surface area contributed by atoms with E-state index in [2.05, 4.69) is 5.32 Å². The highest BCUT2D eigenvalue weighted by molar-refractivity contribution is 6.30. The van der Waals surface area contributed by atoms with Crippen LogP contribution < -0.4 is 10.1 Å². The zero-order valence-corrected chi connectivity index (χ0v) is 18.2. The van der Waals surface area contributed by atoms with Gasteiger partial charge in [-0.15, -0.1) is 0 Å². The molecule has 0 atom stereocenters. The maximum absolute atomic E-state index is 14.1. The van der Waals surface area contributed by atoms with Gasteiger partial charge in [-0.2, -0.15) is 0 Å². The lowest BCUT2D eigenvalue weighted by molar-refractivity contribution is -0.152. The Labute approximate surface area is 187 Å². The van der Waals surface area contributed by atoms with Crippen molar-refractivity contribution in [1.82, 2.24) is 4.98 Å². The molecule has 0 aliphatic heterocycles. The lowest BCUT2D eigenvalue weighted by Crippen LogP contribution is -2.40. The predicted octanol–water partition coefficient (Wildman–Crippen LogP) is 5.86. The lowest BCUT2D eigenvalue weighted by atomic mass is 9.70. The highest BCUT2D eigenvalue weighted by Gasteiger charge is 2.43. The van der Waals surface area contributed by atoms with Crippen LogP contribution in [0.5, 0.6) is 5.75 Å². The third kappa shape index (κ3) is 5.12. The average Bonchev–Trinajstić information content (AvgIpc) is 3.26. The molecule has 1 heterocycles. The summed E-state index contributed by atoms with van der Waals surface area (Å²) in [5, 5.41) is 13.5. The largest absolute Gasteiger partial charge is 0.487 e. The maximum Gasteiger partial charge on any atom is 0.310 e. The Kier molecular flexibility index (Phi) is 6.65. The summed E-state index contributed by atoms with van der Waals surface area (Å²) in [6.45, 7) is 0. The molecule has 5 nitrogen and oxygen atoms in total. The molecule has 2 saturated carbocycles. The molecule has 0 unspecified atom stereocenters. The number of carboxylic acids is 1. The minimum Gasteiger partial charge on any atom is -0.487 e. The lowest BCUT2D eigenvalue weighted by Gasteiger charge is -2.36. The Morgan fingerprint density at radius 2 is 1.87 bits per heavy atom. The van der Waals surface area contributed by atoms with Crippen LogP contribution in [0.25, 0.3) is 0 Å².